The highest BCUT2D eigenvalue weighted by Gasteiger charge is 2.29. The number of esters is 1. The Morgan fingerprint density at radius 1 is 1.12 bits per heavy atom. The number of rotatable bonds is 9. The number of aromatic nitrogens is 4. The van der Waals surface area contributed by atoms with Gasteiger partial charge in [-0.2, -0.15) is 4.31 Å². The second kappa shape index (κ2) is 11.2. The summed E-state index contributed by atoms with van der Waals surface area (Å²) in [5, 5.41) is 11.6. The summed E-state index contributed by atoms with van der Waals surface area (Å²) in [6, 6.07) is 4.74. The summed E-state index contributed by atoms with van der Waals surface area (Å²) in [6.45, 7) is 5.53. The molecule has 12 heteroatoms. The van der Waals surface area contributed by atoms with Crippen molar-refractivity contribution >= 4 is 21.7 Å². The molecule has 0 spiro atoms. The van der Waals surface area contributed by atoms with Crippen LogP contribution in [-0.4, -0.2) is 78.3 Å². The van der Waals surface area contributed by atoms with Crippen molar-refractivity contribution in [3.05, 3.63) is 29.6 Å². The van der Waals surface area contributed by atoms with E-state index in [0.717, 1.165) is 45.2 Å². The number of piperidine rings is 1. The van der Waals surface area contributed by atoms with E-state index in [1.807, 2.05) is 0 Å². The quantitative estimate of drug-likeness (QED) is 0.483. The van der Waals surface area contributed by atoms with Gasteiger partial charge >= 0.3 is 5.97 Å². The molecule has 2 fully saturated rings. The molecule has 0 aliphatic carbocycles. The molecular weight excluding hydrogens is 460 g/mol. The van der Waals surface area contributed by atoms with Crippen LogP contribution in [0.3, 0.4) is 0 Å². The number of morpholine rings is 1. The van der Waals surface area contributed by atoms with Gasteiger partial charge in [-0.3, -0.25) is 0 Å². The fraction of sp³-hybridized carbons (Fsp3) is 0.636. The van der Waals surface area contributed by atoms with E-state index in [9.17, 15) is 13.2 Å². The number of unbranched alkanes of at least 4 members (excludes halogenated alkanes) is 1. The molecule has 2 aliphatic rings. The monoisotopic (exact) mass is 492 g/mol. The second-order valence-electron chi connectivity index (χ2n) is 8.49. The Bertz CT molecular complexity index is 1080. The maximum Gasteiger partial charge on any atom is 0.340 e. The maximum atomic E-state index is 13.2. The van der Waals surface area contributed by atoms with Crippen LogP contribution >= 0.6 is 0 Å². The van der Waals surface area contributed by atoms with Crippen molar-refractivity contribution in [1.29, 1.82) is 0 Å². The van der Waals surface area contributed by atoms with E-state index in [1.165, 1.54) is 10.4 Å². The summed E-state index contributed by atoms with van der Waals surface area (Å²) in [6.07, 6.45) is 5.08. The Balaban J connectivity index is 1.59. The molecule has 2 saturated heterocycles. The number of nitrogens with zero attached hydrogens (tertiary/aromatic N) is 6. The molecule has 0 amide bonds. The minimum Gasteiger partial charge on any atom is -0.454 e. The minimum absolute atomic E-state index is 0.0786. The van der Waals surface area contributed by atoms with Gasteiger partial charge in [-0.05, 0) is 54.3 Å². The highest BCUT2D eigenvalue weighted by atomic mass is 32.2. The third kappa shape index (κ3) is 5.56. The van der Waals surface area contributed by atoms with E-state index in [0.29, 0.717) is 31.3 Å². The van der Waals surface area contributed by atoms with Gasteiger partial charge < -0.3 is 14.4 Å². The number of ether oxygens (including phenoxy) is 2. The summed E-state index contributed by atoms with van der Waals surface area (Å²) in [4.78, 5) is 15.4. The Morgan fingerprint density at radius 2 is 1.88 bits per heavy atom. The first kappa shape index (κ1) is 24.6. The van der Waals surface area contributed by atoms with Crippen LogP contribution in [-0.2, 0) is 32.6 Å². The third-order valence-electron chi connectivity index (χ3n) is 6.15. The van der Waals surface area contributed by atoms with E-state index in [4.69, 9.17) is 9.47 Å². The SMILES string of the molecule is CCCCn1nnnc1COC(=O)c1cc(S(=O)(=O)N2CCOCC2)ccc1N1CCCCC1. The molecule has 2 aromatic rings. The standard InChI is InChI=1S/C22H32N6O5S/c1-2-3-11-28-21(23-24-25-28)17-33-22(29)19-16-18(34(30,31)27-12-14-32-15-13-27)7-8-20(19)26-9-5-4-6-10-26/h7-8,16H,2-6,9-15,17H2,1H3. The van der Waals surface area contributed by atoms with Crippen LogP contribution in [0.25, 0.3) is 0 Å². The zero-order chi connectivity index (χ0) is 24.0. The number of hydrogen-bond donors (Lipinski definition) is 0. The molecule has 0 radical (unpaired) electrons. The number of hydrogen-bond acceptors (Lipinski definition) is 9. The molecule has 11 nitrogen and oxygen atoms in total. The first-order valence-corrected chi connectivity index (χ1v) is 13.3. The van der Waals surface area contributed by atoms with Gasteiger partial charge in [0.1, 0.15) is 0 Å². The van der Waals surface area contributed by atoms with Crippen molar-refractivity contribution in [2.45, 2.75) is 57.1 Å². The molecule has 0 N–H and O–H groups in total. The van der Waals surface area contributed by atoms with E-state index >= 15 is 0 Å². The summed E-state index contributed by atoms with van der Waals surface area (Å²) in [7, 11) is -3.75. The van der Waals surface area contributed by atoms with Gasteiger partial charge in [0, 0.05) is 32.7 Å². The normalized spacial score (nSPS) is 17.6. The van der Waals surface area contributed by atoms with Crippen molar-refractivity contribution in [3.8, 4) is 0 Å². The molecule has 2 aliphatic heterocycles. The second-order valence-corrected chi connectivity index (χ2v) is 10.4. The lowest BCUT2D eigenvalue weighted by Gasteiger charge is -2.31. The fourth-order valence-corrected chi connectivity index (χ4v) is 5.64. The van der Waals surface area contributed by atoms with Gasteiger partial charge in [0.05, 0.1) is 29.4 Å². The van der Waals surface area contributed by atoms with Gasteiger partial charge in [-0.25, -0.2) is 17.9 Å². The number of tetrazole rings is 1. The number of carbonyl (C=O) groups is 1. The Hall–Kier alpha value is -2.57. The number of aryl methyl sites for hydroxylation is 1. The first-order chi connectivity index (χ1) is 16.5. The predicted octanol–water partition coefficient (Wildman–Crippen LogP) is 1.84. The Kier molecular flexibility index (Phi) is 8.11. The zero-order valence-corrected chi connectivity index (χ0v) is 20.4. The van der Waals surface area contributed by atoms with Crippen LogP contribution in [0.1, 0.15) is 55.2 Å². The molecule has 1 aromatic heterocycles. The van der Waals surface area contributed by atoms with Gasteiger partial charge in [-0.15, -0.1) is 5.10 Å². The fourth-order valence-electron chi connectivity index (χ4n) is 4.20. The largest absolute Gasteiger partial charge is 0.454 e. The van der Waals surface area contributed by atoms with Gasteiger partial charge in [0.25, 0.3) is 0 Å². The van der Waals surface area contributed by atoms with E-state index in [2.05, 4.69) is 27.3 Å². The molecule has 0 unspecified atom stereocenters. The van der Waals surface area contributed by atoms with E-state index in [-0.39, 0.29) is 30.2 Å². The number of carbonyl (C=O) groups excluding carboxylic acids is 1. The lowest BCUT2D eigenvalue weighted by molar-refractivity contribution is 0.0456. The topological polar surface area (TPSA) is 120 Å². The van der Waals surface area contributed by atoms with Crippen LogP contribution < -0.4 is 4.90 Å². The summed E-state index contributed by atoms with van der Waals surface area (Å²) >= 11 is 0. The van der Waals surface area contributed by atoms with Crippen LogP contribution in [0.15, 0.2) is 23.1 Å². The van der Waals surface area contributed by atoms with Crippen molar-refractivity contribution in [3.63, 3.8) is 0 Å². The molecule has 4 rings (SSSR count). The lowest BCUT2D eigenvalue weighted by atomic mass is 10.1. The molecule has 0 atom stereocenters. The number of anilines is 1. The highest BCUT2D eigenvalue weighted by Crippen LogP contribution is 2.29. The number of sulfonamides is 1. The average Bonchev–Trinajstić information content (AvgIpc) is 3.34. The van der Waals surface area contributed by atoms with Crippen molar-refractivity contribution in [2.24, 2.45) is 0 Å². The van der Waals surface area contributed by atoms with Crippen LogP contribution in [0.4, 0.5) is 5.69 Å². The van der Waals surface area contributed by atoms with Gasteiger partial charge in [-0.1, -0.05) is 13.3 Å². The molecule has 0 bridgehead atoms. The lowest BCUT2D eigenvalue weighted by Crippen LogP contribution is -2.40. The zero-order valence-electron chi connectivity index (χ0n) is 19.6. The minimum atomic E-state index is -3.75. The summed E-state index contributed by atoms with van der Waals surface area (Å²) < 4.78 is 40.3. The molecular formula is C22H32N6O5S. The molecule has 0 saturated carbocycles. The molecule has 186 valence electrons. The first-order valence-electron chi connectivity index (χ1n) is 11.9. The van der Waals surface area contributed by atoms with E-state index in [1.54, 1.807) is 16.8 Å². The van der Waals surface area contributed by atoms with Crippen molar-refractivity contribution in [1.82, 2.24) is 24.5 Å². The Labute approximate surface area is 200 Å². The van der Waals surface area contributed by atoms with Crippen molar-refractivity contribution < 1.29 is 22.7 Å². The van der Waals surface area contributed by atoms with Crippen LogP contribution in [0, 0.1) is 0 Å². The third-order valence-corrected chi connectivity index (χ3v) is 8.05. The maximum absolute atomic E-state index is 13.2. The average molecular weight is 493 g/mol. The smallest absolute Gasteiger partial charge is 0.340 e. The van der Waals surface area contributed by atoms with Crippen LogP contribution in [0.2, 0.25) is 0 Å². The molecule has 1 aromatic carbocycles. The van der Waals surface area contributed by atoms with Gasteiger partial charge in [0.2, 0.25) is 10.0 Å². The van der Waals surface area contributed by atoms with E-state index < -0.39 is 16.0 Å². The number of benzene rings is 1. The molecule has 34 heavy (non-hydrogen) atoms. The van der Waals surface area contributed by atoms with Crippen molar-refractivity contribution in [2.75, 3.05) is 44.3 Å². The summed E-state index contributed by atoms with van der Waals surface area (Å²) in [5.74, 6) is -0.136. The van der Waals surface area contributed by atoms with Crippen LogP contribution in [0.5, 0.6) is 0 Å². The molecule has 3 heterocycles. The summed E-state index contributed by atoms with van der Waals surface area (Å²) in [5.41, 5.74) is 0.931. The predicted molar refractivity (Wildman–Crippen MR) is 124 cm³/mol. The highest BCUT2D eigenvalue weighted by molar-refractivity contribution is 7.89. The van der Waals surface area contributed by atoms with Gasteiger partial charge in [0.15, 0.2) is 12.4 Å². The Morgan fingerprint density at radius 3 is 2.62 bits per heavy atom.